The van der Waals surface area contributed by atoms with Gasteiger partial charge in [0.2, 0.25) is 0 Å². The van der Waals surface area contributed by atoms with Gasteiger partial charge in [-0.15, -0.1) is 0 Å². The summed E-state index contributed by atoms with van der Waals surface area (Å²) in [5.74, 6) is -1.31. The Balaban J connectivity index is 2.02. The topological polar surface area (TPSA) is 26.3 Å². The van der Waals surface area contributed by atoms with Crippen molar-refractivity contribution in [2.45, 2.75) is 76.5 Å². The average molecular weight is 342 g/mol. The van der Waals surface area contributed by atoms with Crippen LogP contribution >= 0.6 is 0 Å². The number of esters is 1. The molecule has 5 heteroatoms. The Hall–Kier alpha value is -1.52. The molecule has 0 spiro atoms. The van der Waals surface area contributed by atoms with E-state index in [0.717, 1.165) is 43.2 Å². The molecule has 0 heterocycles. The van der Waals surface area contributed by atoms with Crippen molar-refractivity contribution in [3.05, 3.63) is 35.4 Å². The number of carbonyl (C=O) groups excluding carboxylic acids is 1. The minimum Gasteiger partial charge on any atom is -0.452 e. The molecular formula is C19H25F3O2. The van der Waals surface area contributed by atoms with Gasteiger partial charge in [-0.2, -0.15) is 13.2 Å². The largest absolute Gasteiger partial charge is 0.452 e. The number of unbranched alkanes of at least 4 members (excludes halogenated alkanes) is 3. The third kappa shape index (κ3) is 4.99. The highest BCUT2D eigenvalue weighted by molar-refractivity contribution is 5.79. The number of carbonyl (C=O) groups is 1. The fourth-order valence-electron chi connectivity index (χ4n) is 3.27. The van der Waals surface area contributed by atoms with Gasteiger partial charge in [-0.3, -0.25) is 4.79 Å². The Bertz CT molecular complexity index is 540. The van der Waals surface area contributed by atoms with Gasteiger partial charge in [0, 0.05) is 0 Å². The normalized spacial score (nSPS) is 18.8. The minimum absolute atomic E-state index is 0.149. The number of benzene rings is 1. The summed E-state index contributed by atoms with van der Waals surface area (Å²) in [5.41, 5.74) is 1.86. The lowest BCUT2D eigenvalue weighted by molar-refractivity contribution is -0.223. The summed E-state index contributed by atoms with van der Waals surface area (Å²) >= 11 is 0. The second-order valence-electron chi connectivity index (χ2n) is 6.46. The molecule has 2 nitrogen and oxygen atoms in total. The van der Waals surface area contributed by atoms with E-state index in [1.54, 1.807) is 0 Å². The summed E-state index contributed by atoms with van der Waals surface area (Å²) in [6, 6.07) is 7.46. The lowest BCUT2D eigenvalue weighted by Gasteiger charge is -2.27. The summed E-state index contributed by atoms with van der Waals surface area (Å²) in [4.78, 5) is 12.4. The van der Waals surface area contributed by atoms with Gasteiger partial charge >= 0.3 is 12.1 Å². The number of fused-ring (bicyclic) bond motifs is 1. The van der Waals surface area contributed by atoms with Gasteiger partial charge in [0.05, 0.1) is 5.92 Å². The zero-order chi connectivity index (χ0) is 17.6. The van der Waals surface area contributed by atoms with E-state index in [9.17, 15) is 18.0 Å². The van der Waals surface area contributed by atoms with Gasteiger partial charge in [0.1, 0.15) is 0 Å². The highest BCUT2D eigenvalue weighted by atomic mass is 19.4. The molecule has 24 heavy (non-hydrogen) atoms. The predicted molar refractivity (Wildman–Crippen MR) is 86.8 cm³/mol. The van der Waals surface area contributed by atoms with Crippen LogP contribution in [0.5, 0.6) is 0 Å². The van der Waals surface area contributed by atoms with Crippen LogP contribution < -0.4 is 0 Å². The monoisotopic (exact) mass is 342 g/mol. The molecule has 1 aliphatic carbocycles. The van der Waals surface area contributed by atoms with Crippen LogP contribution in [0.25, 0.3) is 0 Å². The lowest BCUT2D eigenvalue weighted by Crippen LogP contribution is -2.36. The second kappa shape index (κ2) is 8.54. The van der Waals surface area contributed by atoms with Crippen molar-refractivity contribution in [3.63, 3.8) is 0 Å². The standard InChI is InChI=1S/C19H25F3O2/c1-2-3-4-5-13-17(19(20,21)22)24-18(23)16-12-8-10-14-9-6-7-11-15(14)16/h6-7,9,11,16-17H,2-5,8,10,12-13H2,1H3/t16?,17-/m1/s1. The molecular weight excluding hydrogens is 317 g/mol. The zero-order valence-electron chi connectivity index (χ0n) is 14.1. The Kier molecular flexibility index (Phi) is 6.69. The number of hydrogen-bond donors (Lipinski definition) is 0. The van der Waals surface area contributed by atoms with E-state index in [1.165, 1.54) is 0 Å². The molecule has 0 N–H and O–H groups in total. The van der Waals surface area contributed by atoms with Crippen LogP contribution in [0, 0.1) is 0 Å². The van der Waals surface area contributed by atoms with Crippen molar-refractivity contribution in [3.8, 4) is 0 Å². The minimum atomic E-state index is -4.50. The number of alkyl halides is 3. The summed E-state index contributed by atoms with van der Waals surface area (Å²) in [6.45, 7) is 2.00. The quantitative estimate of drug-likeness (QED) is 0.479. The Morgan fingerprint density at radius 2 is 2.00 bits per heavy atom. The molecule has 0 aliphatic heterocycles. The first-order chi connectivity index (χ1) is 11.4. The molecule has 1 aliphatic rings. The maximum Gasteiger partial charge on any atom is 0.425 e. The number of ether oxygens (including phenoxy) is 1. The third-order valence-corrected chi connectivity index (χ3v) is 4.60. The van der Waals surface area contributed by atoms with E-state index in [1.807, 2.05) is 31.2 Å². The van der Waals surface area contributed by atoms with Crippen LogP contribution in [-0.4, -0.2) is 18.2 Å². The molecule has 134 valence electrons. The first-order valence-corrected chi connectivity index (χ1v) is 8.78. The van der Waals surface area contributed by atoms with E-state index in [-0.39, 0.29) is 6.42 Å². The number of halogens is 3. The van der Waals surface area contributed by atoms with Crippen LogP contribution in [-0.2, 0) is 16.0 Å². The molecule has 0 aromatic heterocycles. The van der Waals surface area contributed by atoms with Gasteiger partial charge in [0.25, 0.3) is 0 Å². The molecule has 0 saturated carbocycles. The zero-order valence-corrected chi connectivity index (χ0v) is 14.1. The average Bonchev–Trinajstić information content (AvgIpc) is 2.56. The van der Waals surface area contributed by atoms with Crippen molar-refractivity contribution >= 4 is 5.97 Å². The van der Waals surface area contributed by atoms with Gasteiger partial charge in [-0.1, -0.05) is 50.5 Å². The van der Waals surface area contributed by atoms with Crippen LogP contribution in [0.3, 0.4) is 0 Å². The molecule has 0 bridgehead atoms. The number of aryl methyl sites for hydroxylation is 1. The first-order valence-electron chi connectivity index (χ1n) is 8.78. The summed E-state index contributed by atoms with van der Waals surface area (Å²) < 4.78 is 44.5. The molecule has 0 saturated heterocycles. The molecule has 2 rings (SSSR count). The van der Waals surface area contributed by atoms with Crippen LogP contribution in [0.2, 0.25) is 0 Å². The maximum absolute atomic E-state index is 13.2. The van der Waals surface area contributed by atoms with E-state index in [2.05, 4.69) is 0 Å². The van der Waals surface area contributed by atoms with Crippen molar-refractivity contribution in [2.24, 2.45) is 0 Å². The fraction of sp³-hybridized carbons (Fsp3) is 0.632. The highest BCUT2D eigenvalue weighted by Crippen LogP contribution is 2.35. The van der Waals surface area contributed by atoms with Crippen LogP contribution in [0.4, 0.5) is 13.2 Å². The van der Waals surface area contributed by atoms with Crippen LogP contribution in [0.1, 0.15) is 68.9 Å². The van der Waals surface area contributed by atoms with Gasteiger partial charge in [-0.05, 0) is 43.2 Å². The number of hydrogen-bond acceptors (Lipinski definition) is 2. The van der Waals surface area contributed by atoms with E-state index in [0.29, 0.717) is 12.8 Å². The molecule has 0 radical (unpaired) electrons. The molecule has 0 amide bonds. The third-order valence-electron chi connectivity index (χ3n) is 4.60. The van der Waals surface area contributed by atoms with Gasteiger partial charge in [0.15, 0.2) is 6.10 Å². The van der Waals surface area contributed by atoms with Crippen molar-refractivity contribution in [2.75, 3.05) is 0 Å². The molecule has 0 fully saturated rings. The molecule has 2 atom stereocenters. The summed E-state index contributed by atoms with van der Waals surface area (Å²) in [7, 11) is 0. The smallest absolute Gasteiger partial charge is 0.425 e. The first kappa shape index (κ1) is 18.8. The summed E-state index contributed by atoms with van der Waals surface area (Å²) in [5, 5.41) is 0. The SMILES string of the molecule is CCCCCC[C@@H](OC(=O)C1CCCc2ccccc21)C(F)(F)F. The molecule has 1 aromatic rings. The maximum atomic E-state index is 13.2. The van der Waals surface area contributed by atoms with E-state index < -0.39 is 24.2 Å². The van der Waals surface area contributed by atoms with Crippen molar-refractivity contribution < 1.29 is 22.7 Å². The Morgan fingerprint density at radius 1 is 1.25 bits per heavy atom. The predicted octanol–water partition coefficient (Wildman–Crippen LogP) is 5.55. The Labute approximate surface area is 141 Å². The Morgan fingerprint density at radius 3 is 2.71 bits per heavy atom. The summed E-state index contributed by atoms with van der Waals surface area (Å²) in [6.07, 6.45) is -1.43. The van der Waals surface area contributed by atoms with Crippen molar-refractivity contribution in [1.29, 1.82) is 0 Å². The van der Waals surface area contributed by atoms with Crippen molar-refractivity contribution in [1.82, 2.24) is 0 Å². The van der Waals surface area contributed by atoms with E-state index in [4.69, 9.17) is 4.74 Å². The van der Waals surface area contributed by atoms with Crippen LogP contribution in [0.15, 0.2) is 24.3 Å². The molecule has 1 aromatic carbocycles. The highest BCUT2D eigenvalue weighted by Gasteiger charge is 2.43. The lowest BCUT2D eigenvalue weighted by atomic mass is 9.83. The number of rotatable bonds is 7. The molecule has 1 unspecified atom stereocenters. The van der Waals surface area contributed by atoms with Gasteiger partial charge < -0.3 is 4.74 Å². The fourth-order valence-corrected chi connectivity index (χ4v) is 3.27. The van der Waals surface area contributed by atoms with E-state index >= 15 is 0 Å². The van der Waals surface area contributed by atoms with Gasteiger partial charge in [-0.25, -0.2) is 0 Å². The second-order valence-corrected chi connectivity index (χ2v) is 6.46.